The lowest BCUT2D eigenvalue weighted by Gasteiger charge is -2.43. The second-order valence-corrected chi connectivity index (χ2v) is 10.2. The highest BCUT2D eigenvalue weighted by Gasteiger charge is 2.53. The molecule has 3 heterocycles. The van der Waals surface area contributed by atoms with E-state index in [-0.39, 0.29) is 27.7 Å². The van der Waals surface area contributed by atoms with Gasteiger partial charge in [0.2, 0.25) is 17.8 Å². The van der Waals surface area contributed by atoms with Crippen LogP contribution in [0.5, 0.6) is 5.75 Å². The summed E-state index contributed by atoms with van der Waals surface area (Å²) in [6.07, 6.45) is -5.48. The van der Waals surface area contributed by atoms with Gasteiger partial charge in [0.15, 0.2) is 12.2 Å². The third-order valence-corrected chi connectivity index (χ3v) is 6.82. The van der Waals surface area contributed by atoms with Crippen LogP contribution in [0.1, 0.15) is 27.7 Å². The molecule has 0 saturated carbocycles. The van der Waals surface area contributed by atoms with Crippen molar-refractivity contribution in [1.82, 2.24) is 4.98 Å². The number of fused-ring (bicyclic) bond motifs is 2. The summed E-state index contributed by atoms with van der Waals surface area (Å²) in [5.74, 6) is -2.81. The minimum atomic E-state index is -1.45. The lowest BCUT2D eigenvalue weighted by Crippen LogP contribution is -2.63. The van der Waals surface area contributed by atoms with Gasteiger partial charge in [0.1, 0.15) is 30.3 Å². The topological polar surface area (TPSA) is 167 Å². The van der Waals surface area contributed by atoms with Crippen LogP contribution in [0, 0.1) is 0 Å². The number of aromatic nitrogens is 1. The number of hydrogen-bond donors (Lipinski definition) is 0. The molecule has 0 amide bonds. The maximum absolute atomic E-state index is 13.4. The van der Waals surface area contributed by atoms with E-state index in [1.807, 2.05) is 30.3 Å². The van der Waals surface area contributed by atoms with Gasteiger partial charge >= 0.3 is 23.9 Å². The zero-order valence-corrected chi connectivity index (χ0v) is 24.7. The van der Waals surface area contributed by atoms with Gasteiger partial charge in [-0.15, -0.1) is 0 Å². The first kappa shape index (κ1) is 31.1. The normalized spacial score (nSPS) is 21.1. The van der Waals surface area contributed by atoms with E-state index in [4.69, 9.17) is 32.8 Å². The van der Waals surface area contributed by atoms with E-state index in [1.165, 1.54) is 31.4 Å². The molecule has 0 aliphatic carbocycles. The predicted molar refractivity (Wildman–Crippen MR) is 156 cm³/mol. The van der Waals surface area contributed by atoms with E-state index in [0.717, 1.165) is 31.7 Å². The van der Waals surface area contributed by atoms with Gasteiger partial charge in [-0.25, -0.2) is 4.98 Å². The molecule has 1 saturated heterocycles. The first-order chi connectivity index (χ1) is 21.5. The second-order valence-electron chi connectivity index (χ2n) is 10.2. The van der Waals surface area contributed by atoms with E-state index >= 15 is 0 Å². The molecule has 0 radical (unpaired) electrons. The Kier molecular flexibility index (Phi) is 9.09. The number of para-hydroxylation sites is 1. The number of ether oxygens (including phenoxy) is 6. The van der Waals surface area contributed by atoms with E-state index < -0.39 is 61.2 Å². The molecule has 0 N–H and O–H groups in total. The lowest BCUT2D eigenvalue weighted by atomic mass is 9.98. The van der Waals surface area contributed by atoms with Gasteiger partial charge in [-0.3, -0.25) is 24.0 Å². The monoisotopic (exact) mass is 619 g/mol. The lowest BCUT2D eigenvalue weighted by molar-refractivity contribution is -0.288. The van der Waals surface area contributed by atoms with E-state index in [9.17, 15) is 24.0 Å². The molecule has 0 bridgehead atoms. The second kappa shape index (κ2) is 13.1. The SMILES string of the molecule is CC(=O)OC[C@H]1O[C@@H](Oc2ccc3c(=O)c(-c4ccc5ccccc5n4)coc3c2)[C@H](OC(C)=O)[C@@H](OC(C)=O)[C@@H]1OC(C)=O. The van der Waals surface area contributed by atoms with Crippen LogP contribution in [0.2, 0.25) is 0 Å². The Morgan fingerprint density at radius 3 is 2.20 bits per heavy atom. The summed E-state index contributed by atoms with van der Waals surface area (Å²) in [4.78, 5) is 65.7. The van der Waals surface area contributed by atoms with Crippen molar-refractivity contribution in [2.75, 3.05) is 6.61 Å². The molecule has 5 rings (SSSR count). The van der Waals surface area contributed by atoms with Crippen molar-refractivity contribution in [2.45, 2.75) is 58.4 Å². The summed E-state index contributed by atoms with van der Waals surface area (Å²) in [7, 11) is 0. The molecule has 2 aromatic carbocycles. The largest absolute Gasteiger partial charge is 0.463 e. The fourth-order valence-corrected chi connectivity index (χ4v) is 4.99. The van der Waals surface area contributed by atoms with Crippen LogP contribution in [-0.2, 0) is 42.9 Å². The van der Waals surface area contributed by atoms with Gasteiger partial charge in [0, 0.05) is 39.1 Å². The minimum Gasteiger partial charge on any atom is -0.463 e. The van der Waals surface area contributed by atoms with Crippen molar-refractivity contribution >= 4 is 45.7 Å². The third-order valence-electron chi connectivity index (χ3n) is 6.82. The standard InChI is InChI=1S/C32H29NO12/c1-16(34)39-15-27-29(41-17(2)35)30(42-18(3)36)31(43-19(4)37)32(45-27)44-21-10-11-22-26(13-21)40-14-23(28(22)38)25-12-9-20-7-5-6-8-24(20)33-25/h5-14,27,29-32H,15H2,1-4H3/t27-,29-,30+,31-,32-/m1/s1. The molecule has 234 valence electrons. The molecule has 1 aliphatic rings. The van der Waals surface area contributed by atoms with Crippen molar-refractivity contribution in [3.05, 3.63) is 71.1 Å². The Balaban J connectivity index is 1.48. The molecule has 5 atom stereocenters. The molecule has 2 aromatic heterocycles. The number of esters is 4. The minimum absolute atomic E-state index is 0.128. The number of carbonyl (C=O) groups is 4. The summed E-state index contributed by atoms with van der Waals surface area (Å²) in [6.45, 7) is 4.14. The Bertz CT molecular complexity index is 1830. The first-order valence-corrected chi connectivity index (χ1v) is 13.9. The quantitative estimate of drug-likeness (QED) is 0.208. The van der Waals surface area contributed by atoms with E-state index in [2.05, 4.69) is 4.98 Å². The molecular weight excluding hydrogens is 590 g/mol. The van der Waals surface area contributed by atoms with Crippen molar-refractivity contribution in [3.63, 3.8) is 0 Å². The zero-order valence-electron chi connectivity index (χ0n) is 24.7. The van der Waals surface area contributed by atoms with Gasteiger partial charge < -0.3 is 32.8 Å². The third kappa shape index (κ3) is 7.10. The average molecular weight is 620 g/mol. The van der Waals surface area contributed by atoms with Crippen molar-refractivity contribution in [1.29, 1.82) is 0 Å². The van der Waals surface area contributed by atoms with Gasteiger partial charge in [-0.2, -0.15) is 0 Å². The highest BCUT2D eigenvalue weighted by molar-refractivity contribution is 5.85. The van der Waals surface area contributed by atoms with Crippen LogP contribution in [0.4, 0.5) is 0 Å². The van der Waals surface area contributed by atoms with Crippen LogP contribution in [-0.4, -0.2) is 66.2 Å². The molecule has 0 unspecified atom stereocenters. The van der Waals surface area contributed by atoms with Gasteiger partial charge in [-0.05, 0) is 24.3 Å². The average Bonchev–Trinajstić information content (AvgIpc) is 2.98. The maximum Gasteiger partial charge on any atom is 0.303 e. The fourth-order valence-electron chi connectivity index (χ4n) is 4.99. The summed E-state index contributed by atoms with van der Waals surface area (Å²) in [6, 6.07) is 15.5. The predicted octanol–water partition coefficient (Wildman–Crippen LogP) is 3.47. The van der Waals surface area contributed by atoms with Crippen LogP contribution in [0.15, 0.2) is 70.1 Å². The zero-order chi connectivity index (χ0) is 32.2. The Morgan fingerprint density at radius 1 is 0.800 bits per heavy atom. The molecule has 45 heavy (non-hydrogen) atoms. The summed E-state index contributed by atoms with van der Waals surface area (Å²) >= 11 is 0. The summed E-state index contributed by atoms with van der Waals surface area (Å²) < 4.78 is 39.1. The van der Waals surface area contributed by atoms with E-state index in [1.54, 1.807) is 6.07 Å². The Hall–Kier alpha value is -5.30. The van der Waals surface area contributed by atoms with Gasteiger partial charge in [-0.1, -0.05) is 24.3 Å². The Labute approximate surface area is 255 Å². The first-order valence-electron chi connectivity index (χ1n) is 13.9. The smallest absolute Gasteiger partial charge is 0.303 e. The van der Waals surface area contributed by atoms with Crippen LogP contribution < -0.4 is 10.2 Å². The highest BCUT2D eigenvalue weighted by atomic mass is 16.7. The van der Waals surface area contributed by atoms with Crippen molar-refractivity contribution in [2.24, 2.45) is 0 Å². The number of nitrogens with zero attached hydrogens (tertiary/aromatic N) is 1. The van der Waals surface area contributed by atoms with Crippen molar-refractivity contribution < 1.29 is 52.0 Å². The van der Waals surface area contributed by atoms with Crippen LogP contribution in [0.3, 0.4) is 0 Å². The maximum atomic E-state index is 13.4. The van der Waals surface area contributed by atoms with Crippen molar-refractivity contribution in [3.8, 4) is 17.0 Å². The molecular formula is C32H29NO12. The fraction of sp³-hybridized carbons (Fsp3) is 0.312. The number of rotatable bonds is 8. The van der Waals surface area contributed by atoms with Gasteiger partial charge in [0.05, 0.1) is 22.2 Å². The molecule has 13 nitrogen and oxygen atoms in total. The summed E-state index contributed by atoms with van der Waals surface area (Å²) in [5.41, 5.74) is 1.29. The van der Waals surface area contributed by atoms with Crippen LogP contribution >= 0.6 is 0 Å². The van der Waals surface area contributed by atoms with E-state index in [0.29, 0.717) is 5.69 Å². The summed E-state index contributed by atoms with van der Waals surface area (Å²) in [5, 5.41) is 1.17. The molecule has 13 heteroatoms. The number of pyridine rings is 1. The molecule has 1 aliphatic heterocycles. The van der Waals surface area contributed by atoms with Crippen LogP contribution in [0.25, 0.3) is 33.1 Å². The number of carbonyl (C=O) groups excluding carboxylic acids is 4. The molecule has 1 fully saturated rings. The molecule has 0 spiro atoms. The highest BCUT2D eigenvalue weighted by Crippen LogP contribution is 2.32. The Morgan fingerprint density at radius 2 is 1.49 bits per heavy atom. The number of benzene rings is 2. The molecule has 4 aromatic rings. The number of hydrogen-bond acceptors (Lipinski definition) is 13. The van der Waals surface area contributed by atoms with Gasteiger partial charge in [0.25, 0.3) is 0 Å².